The molecule has 1 saturated heterocycles. The van der Waals surface area contributed by atoms with Crippen LogP contribution in [-0.4, -0.2) is 60.1 Å². The first kappa shape index (κ1) is 22.4. The van der Waals surface area contributed by atoms with Crippen molar-refractivity contribution in [3.63, 3.8) is 0 Å². The highest BCUT2D eigenvalue weighted by atomic mass is 16.5. The average Bonchev–Trinajstić information content (AvgIpc) is 3.19. The van der Waals surface area contributed by atoms with Gasteiger partial charge in [-0.1, -0.05) is 23.4 Å². The van der Waals surface area contributed by atoms with Crippen molar-refractivity contribution in [2.75, 3.05) is 33.3 Å². The van der Waals surface area contributed by atoms with Crippen LogP contribution >= 0.6 is 0 Å². The van der Waals surface area contributed by atoms with Crippen molar-refractivity contribution in [1.82, 2.24) is 15.0 Å². The zero-order valence-corrected chi connectivity index (χ0v) is 19.0. The van der Waals surface area contributed by atoms with E-state index < -0.39 is 0 Å². The van der Waals surface area contributed by atoms with Crippen LogP contribution in [0.3, 0.4) is 0 Å². The Bertz CT molecular complexity index is 1130. The molecule has 2 amide bonds. The molecule has 4 rings (SSSR count). The standard InChI is InChI=1S/C25H27N3O5/c1-17-22(18(2)33-26-17)16-32-23-10-5-4-9-21(23)25(30)28-13-11-27(12-14-28)24(29)19-7-6-8-20(15-19)31-3/h4-10,15H,11-14,16H2,1-3H3. The van der Waals surface area contributed by atoms with Gasteiger partial charge in [0.05, 0.1) is 23.9 Å². The lowest BCUT2D eigenvalue weighted by atomic mass is 10.1. The Morgan fingerprint density at radius 1 is 0.970 bits per heavy atom. The highest BCUT2D eigenvalue weighted by molar-refractivity contribution is 5.97. The van der Waals surface area contributed by atoms with Crippen molar-refractivity contribution in [3.8, 4) is 11.5 Å². The van der Waals surface area contributed by atoms with Crippen LogP contribution in [-0.2, 0) is 6.61 Å². The van der Waals surface area contributed by atoms with Gasteiger partial charge in [-0.25, -0.2) is 0 Å². The monoisotopic (exact) mass is 449 g/mol. The summed E-state index contributed by atoms with van der Waals surface area (Å²) in [4.78, 5) is 29.6. The number of hydrogen-bond acceptors (Lipinski definition) is 6. The number of amides is 2. The van der Waals surface area contributed by atoms with E-state index in [2.05, 4.69) is 5.16 Å². The molecule has 1 aromatic heterocycles. The number of carbonyl (C=O) groups excluding carboxylic acids is 2. The largest absolute Gasteiger partial charge is 0.497 e. The molecule has 8 heteroatoms. The van der Waals surface area contributed by atoms with Crippen molar-refractivity contribution in [2.24, 2.45) is 0 Å². The summed E-state index contributed by atoms with van der Waals surface area (Å²) in [5.74, 6) is 1.68. The van der Waals surface area contributed by atoms with Crippen molar-refractivity contribution < 1.29 is 23.6 Å². The Morgan fingerprint density at radius 3 is 2.33 bits per heavy atom. The molecular weight excluding hydrogens is 422 g/mol. The number of piperazine rings is 1. The number of hydrogen-bond donors (Lipinski definition) is 0. The van der Waals surface area contributed by atoms with Crippen molar-refractivity contribution >= 4 is 11.8 Å². The van der Waals surface area contributed by atoms with E-state index >= 15 is 0 Å². The molecule has 1 aliphatic heterocycles. The van der Waals surface area contributed by atoms with Crippen molar-refractivity contribution in [3.05, 3.63) is 76.7 Å². The fourth-order valence-electron chi connectivity index (χ4n) is 3.85. The van der Waals surface area contributed by atoms with Crippen LogP contribution in [0.5, 0.6) is 11.5 Å². The van der Waals surface area contributed by atoms with E-state index in [1.807, 2.05) is 26.0 Å². The van der Waals surface area contributed by atoms with Crippen molar-refractivity contribution in [2.45, 2.75) is 20.5 Å². The number of para-hydroxylation sites is 1. The maximum atomic E-state index is 13.2. The maximum absolute atomic E-state index is 13.2. The molecule has 0 radical (unpaired) electrons. The van der Waals surface area contributed by atoms with E-state index in [1.165, 1.54) is 0 Å². The summed E-state index contributed by atoms with van der Waals surface area (Å²) in [7, 11) is 1.57. The highest BCUT2D eigenvalue weighted by Gasteiger charge is 2.27. The minimum absolute atomic E-state index is 0.0656. The number of aromatic nitrogens is 1. The minimum Gasteiger partial charge on any atom is -0.497 e. The summed E-state index contributed by atoms with van der Waals surface area (Å²) in [6, 6.07) is 14.3. The summed E-state index contributed by atoms with van der Waals surface area (Å²) in [5, 5.41) is 3.94. The van der Waals surface area contributed by atoms with Gasteiger partial charge in [0.2, 0.25) is 0 Å². The number of aryl methyl sites for hydroxylation is 2. The first-order valence-electron chi connectivity index (χ1n) is 10.8. The average molecular weight is 450 g/mol. The molecule has 0 saturated carbocycles. The Hall–Kier alpha value is -3.81. The van der Waals surface area contributed by atoms with E-state index in [9.17, 15) is 9.59 Å². The third-order valence-corrected chi connectivity index (χ3v) is 5.84. The number of ether oxygens (including phenoxy) is 2. The Morgan fingerprint density at radius 2 is 1.67 bits per heavy atom. The third-order valence-electron chi connectivity index (χ3n) is 5.84. The summed E-state index contributed by atoms with van der Waals surface area (Å²) >= 11 is 0. The number of rotatable bonds is 6. The fourth-order valence-corrected chi connectivity index (χ4v) is 3.85. The molecule has 0 bridgehead atoms. The maximum Gasteiger partial charge on any atom is 0.257 e. The van der Waals surface area contributed by atoms with Crippen LogP contribution in [0.4, 0.5) is 0 Å². The first-order chi connectivity index (χ1) is 16.0. The summed E-state index contributed by atoms with van der Waals surface area (Å²) < 4.78 is 16.4. The van der Waals surface area contributed by atoms with Gasteiger partial charge >= 0.3 is 0 Å². The summed E-state index contributed by atoms with van der Waals surface area (Å²) in [6.07, 6.45) is 0. The van der Waals surface area contributed by atoms with Crippen LogP contribution in [0.2, 0.25) is 0 Å². The van der Waals surface area contributed by atoms with Crippen LogP contribution in [0, 0.1) is 13.8 Å². The van der Waals surface area contributed by atoms with Gasteiger partial charge in [-0.2, -0.15) is 0 Å². The molecule has 0 atom stereocenters. The normalized spacial score (nSPS) is 13.7. The predicted octanol–water partition coefficient (Wildman–Crippen LogP) is 3.48. The topological polar surface area (TPSA) is 85.1 Å². The van der Waals surface area contributed by atoms with Gasteiger partial charge in [0.1, 0.15) is 23.9 Å². The van der Waals surface area contributed by atoms with Crippen LogP contribution in [0.15, 0.2) is 53.1 Å². The molecule has 3 aromatic rings. The Labute approximate surface area is 192 Å². The molecule has 172 valence electrons. The molecule has 0 spiro atoms. The number of benzene rings is 2. The summed E-state index contributed by atoms with van der Waals surface area (Å²) in [5.41, 5.74) is 2.72. The molecule has 2 aromatic carbocycles. The second-order valence-electron chi connectivity index (χ2n) is 7.90. The second-order valence-corrected chi connectivity index (χ2v) is 7.90. The first-order valence-corrected chi connectivity index (χ1v) is 10.8. The zero-order valence-electron chi connectivity index (χ0n) is 19.0. The quantitative estimate of drug-likeness (QED) is 0.573. The van der Waals surface area contributed by atoms with E-state index in [0.29, 0.717) is 54.6 Å². The lowest BCUT2D eigenvalue weighted by molar-refractivity contribution is 0.0532. The van der Waals surface area contributed by atoms with Gasteiger partial charge in [-0.3, -0.25) is 9.59 Å². The van der Waals surface area contributed by atoms with Gasteiger partial charge in [0, 0.05) is 31.7 Å². The molecule has 33 heavy (non-hydrogen) atoms. The minimum atomic E-state index is -0.113. The third kappa shape index (κ3) is 4.84. The number of nitrogens with zero attached hydrogens (tertiary/aromatic N) is 3. The Balaban J connectivity index is 1.40. The van der Waals surface area contributed by atoms with Crippen LogP contribution in [0.1, 0.15) is 37.7 Å². The lowest BCUT2D eigenvalue weighted by Gasteiger charge is -2.35. The zero-order chi connectivity index (χ0) is 23.4. The van der Waals surface area contributed by atoms with Crippen molar-refractivity contribution in [1.29, 1.82) is 0 Å². The highest BCUT2D eigenvalue weighted by Crippen LogP contribution is 2.24. The van der Waals surface area contributed by atoms with Gasteiger partial charge in [0.15, 0.2) is 0 Å². The lowest BCUT2D eigenvalue weighted by Crippen LogP contribution is -2.50. The summed E-state index contributed by atoms with van der Waals surface area (Å²) in [6.45, 7) is 5.79. The van der Waals surface area contributed by atoms with Gasteiger partial charge < -0.3 is 23.8 Å². The van der Waals surface area contributed by atoms with Crippen LogP contribution < -0.4 is 9.47 Å². The number of carbonyl (C=O) groups is 2. The van der Waals surface area contributed by atoms with E-state index in [1.54, 1.807) is 53.3 Å². The van der Waals surface area contributed by atoms with E-state index in [0.717, 1.165) is 11.3 Å². The van der Waals surface area contributed by atoms with Crippen LogP contribution in [0.25, 0.3) is 0 Å². The van der Waals surface area contributed by atoms with Gasteiger partial charge in [-0.15, -0.1) is 0 Å². The molecular formula is C25H27N3O5. The molecule has 0 aliphatic carbocycles. The molecule has 1 aliphatic rings. The molecule has 0 N–H and O–H groups in total. The molecule has 2 heterocycles. The van der Waals surface area contributed by atoms with E-state index in [4.69, 9.17) is 14.0 Å². The fraction of sp³-hybridized carbons (Fsp3) is 0.320. The number of methoxy groups -OCH3 is 1. The smallest absolute Gasteiger partial charge is 0.257 e. The molecule has 8 nitrogen and oxygen atoms in total. The second kappa shape index (κ2) is 9.77. The predicted molar refractivity (Wildman–Crippen MR) is 122 cm³/mol. The SMILES string of the molecule is COc1cccc(C(=O)N2CCN(C(=O)c3ccccc3OCc3c(C)noc3C)CC2)c1. The molecule has 1 fully saturated rings. The van der Waals surface area contributed by atoms with Gasteiger partial charge in [-0.05, 0) is 44.2 Å². The molecule has 0 unspecified atom stereocenters. The van der Waals surface area contributed by atoms with Gasteiger partial charge in [0.25, 0.3) is 11.8 Å². The Kier molecular flexibility index (Phi) is 6.63. The van der Waals surface area contributed by atoms with E-state index in [-0.39, 0.29) is 18.4 Å².